The lowest BCUT2D eigenvalue weighted by Gasteiger charge is -2.31. The highest BCUT2D eigenvalue weighted by atomic mass is 35.5. The molecule has 0 spiro atoms. The van der Waals surface area contributed by atoms with Gasteiger partial charge in [0.1, 0.15) is 5.83 Å². The van der Waals surface area contributed by atoms with Gasteiger partial charge >= 0.3 is 0 Å². The fourth-order valence-corrected chi connectivity index (χ4v) is 1.59. The van der Waals surface area contributed by atoms with Crippen LogP contribution >= 0.6 is 11.6 Å². The summed E-state index contributed by atoms with van der Waals surface area (Å²) >= 11 is 5.60. The topological polar surface area (TPSA) is 21.3 Å². The standard InChI is InChI=1S/C8H9ClFNO/c9-5-3-8-7(4-6(5)10)11-1-2-12-8/h3-4,7-8,11H,1-2H2. The maximum Gasteiger partial charge on any atom is 0.139 e. The summed E-state index contributed by atoms with van der Waals surface area (Å²) < 4.78 is 18.3. The van der Waals surface area contributed by atoms with Crippen LogP contribution in [-0.4, -0.2) is 25.3 Å². The van der Waals surface area contributed by atoms with Crippen LogP contribution in [0.4, 0.5) is 4.39 Å². The largest absolute Gasteiger partial charge is 0.371 e. The summed E-state index contributed by atoms with van der Waals surface area (Å²) in [6.07, 6.45) is 2.96. The van der Waals surface area contributed by atoms with Crippen molar-refractivity contribution in [3.8, 4) is 0 Å². The molecule has 0 radical (unpaired) electrons. The van der Waals surface area contributed by atoms with E-state index in [0.29, 0.717) is 6.61 Å². The number of hydrogen-bond donors (Lipinski definition) is 1. The van der Waals surface area contributed by atoms with E-state index in [2.05, 4.69) is 5.32 Å². The summed E-state index contributed by atoms with van der Waals surface area (Å²) in [5.74, 6) is -0.365. The Hall–Kier alpha value is -0.380. The third-order valence-electron chi connectivity index (χ3n) is 2.01. The Labute approximate surface area is 75.0 Å². The van der Waals surface area contributed by atoms with Crippen molar-refractivity contribution in [1.82, 2.24) is 5.32 Å². The van der Waals surface area contributed by atoms with Gasteiger partial charge in [-0.2, -0.15) is 0 Å². The number of allylic oxidation sites excluding steroid dienone is 2. The Morgan fingerprint density at radius 3 is 3.25 bits per heavy atom. The molecular formula is C8H9ClFNO. The zero-order chi connectivity index (χ0) is 8.55. The van der Waals surface area contributed by atoms with E-state index in [0.717, 1.165) is 6.54 Å². The van der Waals surface area contributed by atoms with Crippen LogP contribution in [0.1, 0.15) is 0 Å². The predicted molar refractivity (Wildman–Crippen MR) is 44.7 cm³/mol. The van der Waals surface area contributed by atoms with Crippen molar-refractivity contribution in [2.45, 2.75) is 12.1 Å². The SMILES string of the molecule is FC1=CC2NCCOC2C=C1Cl. The van der Waals surface area contributed by atoms with Crippen molar-refractivity contribution in [1.29, 1.82) is 0 Å². The molecule has 2 atom stereocenters. The summed E-state index contributed by atoms with van der Waals surface area (Å²) in [4.78, 5) is 0. The van der Waals surface area contributed by atoms with E-state index in [9.17, 15) is 4.39 Å². The molecule has 1 N–H and O–H groups in total. The molecule has 2 unspecified atom stereocenters. The van der Waals surface area contributed by atoms with Gasteiger partial charge in [0.05, 0.1) is 23.8 Å². The molecule has 12 heavy (non-hydrogen) atoms. The van der Waals surface area contributed by atoms with E-state index in [1.807, 2.05) is 0 Å². The van der Waals surface area contributed by atoms with Crippen molar-refractivity contribution in [2.75, 3.05) is 13.2 Å². The minimum atomic E-state index is -0.365. The van der Waals surface area contributed by atoms with Gasteiger partial charge in [-0.1, -0.05) is 11.6 Å². The summed E-state index contributed by atoms with van der Waals surface area (Å²) in [6, 6.07) is -0.0544. The Balaban J connectivity index is 2.19. The van der Waals surface area contributed by atoms with E-state index in [1.165, 1.54) is 6.08 Å². The number of ether oxygens (including phenoxy) is 1. The fourth-order valence-electron chi connectivity index (χ4n) is 1.41. The zero-order valence-electron chi connectivity index (χ0n) is 6.39. The molecular weight excluding hydrogens is 181 g/mol. The van der Waals surface area contributed by atoms with Crippen LogP contribution in [0.3, 0.4) is 0 Å². The molecule has 66 valence electrons. The third kappa shape index (κ3) is 1.40. The van der Waals surface area contributed by atoms with Gasteiger partial charge in [0, 0.05) is 6.54 Å². The maximum atomic E-state index is 12.9. The lowest BCUT2D eigenvalue weighted by atomic mass is 10.0. The van der Waals surface area contributed by atoms with Crippen molar-refractivity contribution >= 4 is 11.6 Å². The Kier molecular flexibility index (Phi) is 2.17. The van der Waals surface area contributed by atoms with Crippen molar-refractivity contribution in [3.63, 3.8) is 0 Å². The van der Waals surface area contributed by atoms with E-state index in [1.54, 1.807) is 6.08 Å². The Morgan fingerprint density at radius 1 is 1.58 bits per heavy atom. The number of halogens is 2. The first kappa shape index (κ1) is 8.23. The molecule has 0 aromatic rings. The molecule has 1 saturated heterocycles. The summed E-state index contributed by atoms with van der Waals surface area (Å²) in [6.45, 7) is 1.41. The molecule has 2 aliphatic rings. The molecule has 0 saturated carbocycles. The van der Waals surface area contributed by atoms with Crippen LogP contribution in [0.5, 0.6) is 0 Å². The minimum absolute atomic E-state index is 0.0544. The predicted octanol–water partition coefficient (Wildman–Crippen LogP) is 1.33. The highest BCUT2D eigenvalue weighted by Gasteiger charge is 2.27. The number of rotatable bonds is 0. The first-order valence-corrected chi connectivity index (χ1v) is 4.25. The van der Waals surface area contributed by atoms with Crippen molar-refractivity contribution < 1.29 is 9.13 Å². The molecule has 2 nitrogen and oxygen atoms in total. The number of morpholine rings is 1. The zero-order valence-corrected chi connectivity index (χ0v) is 7.14. The van der Waals surface area contributed by atoms with Crippen LogP contribution < -0.4 is 5.32 Å². The first-order valence-electron chi connectivity index (χ1n) is 3.87. The van der Waals surface area contributed by atoms with Gasteiger partial charge in [0.2, 0.25) is 0 Å². The molecule has 1 aliphatic heterocycles. The second-order valence-corrected chi connectivity index (χ2v) is 3.25. The van der Waals surface area contributed by atoms with Gasteiger partial charge in [-0.25, -0.2) is 4.39 Å². The highest BCUT2D eigenvalue weighted by Crippen LogP contribution is 2.25. The van der Waals surface area contributed by atoms with E-state index in [4.69, 9.17) is 16.3 Å². The monoisotopic (exact) mass is 189 g/mol. The van der Waals surface area contributed by atoms with Gasteiger partial charge in [-0.05, 0) is 12.2 Å². The lowest BCUT2D eigenvalue weighted by Crippen LogP contribution is -2.47. The smallest absolute Gasteiger partial charge is 0.139 e. The summed E-state index contributed by atoms with van der Waals surface area (Å²) in [5, 5.41) is 3.28. The third-order valence-corrected chi connectivity index (χ3v) is 2.32. The van der Waals surface area contributed by atoms with Gasteiger partial charge in [-0.3, -0.25) is 0 Å². The summed E-state index contributed by atoms with van der Waals surface area (Å²) in [5.41, 5.74) is 0. The molecule has 1 aliphatic carbocycles. The lowest BCUT2D eigenvalue weighted by molar-refractivity contribution is 0.0373. The molecule has 2 rings (SSSR count). The minimum Gasteiger partial charge on any atom is -0.371 e. The van der Waals surface area contributed by atoms with Crippen molar-refractivity contribution in [2.24, 2.45) is 0 Å². The second kappa shape index (κ2) is 3.17. The van der Waals surface area contributed by atoms with Crippen LogP contribution in [0.15, 0.2) is 23.0 Å². The van der Waals surface area contributed by atoms with Crippen LogP contribution in [0.25, 0.3) is 0 Å². The van der Waals surface area contributed by atoms with Gasteiger partial charge in [0.25, 0.3) is 0 Å². The molecule has 4 heteroatoms. The quantitative estimate of drug-likeness (QED) is 0.621. The molecule has 0 aromatic heterocycles. The van der Waals surface area contributed by atoms with Crippen LogP contribution in [0, 0.1) is 0 Å². The summed E-state index contributed by atoms with van der Waals surface area (Å²) in [7, 11) is 0. The molecule has 0 amide bonds. The molecule has 1 heterocycles. The average Bonchev–Trinajstić information content (AvgIpc) is 2.07. The van der Waals surface area contributed by atoms with E-state index >= 15 is 0 Å². The molecule has 1 fully saturated rings. The van der Waals surface area contributed by atoms with Crippen molar-refractivity contribution in [3.05, 3.63) is 23.0 Å². The Bertz CT molecular complexity index is 225. The molecule has 0 aromatic carbocycles. The van der Waals surface area contributed by atoms with Crippen LogP contribution in [0.2, 0.25) is 0 Å². The number of fused-ring (bicyclic) bond motifs is 1. The number of nitrogens with one attached hydrogen (secondary N) is 1. The van der Waals surface area contributed by atoms with Gasteiger partial charge < -0.3 is 10.1 Å². The second-order valence-electron chi connectivity index (χ2n) is 2.84. The van der Waals surface area contributed by atoms with E-state index in [-0.39, 0.29) is 23.0 Å². The maximum absolute atomic E-state index is 12.9. The highest BCUT2D eigenvalue weighted by molar-refractivity contribution is 6.31. The average molecular weight is 190 g/mol. The normalized spacial score (nSPS) is 35.2. The van der Waals surface area contributed by atoms with Gasteiger partial charge in [-0.15, -0.1) is 0 Å². The van der Waals surface area contributed by atoms with Gasteiger partial charge in [0.15, 0.2) is 0 Å². The fraction of sp³-hybridized carbons (Fsp3) is 0.500. The molecule has 0 bridgehead atoms. The van der Waals surface area contributed by atoms with E-state index < -0.39 is 0 Å². The number of hydrogen-bond acceptors (Lipinski definition) is 2. The first-order chi connectivity index (χ1) is 5.77. The Morgan fingerprint density at radius 2 is 2.42 bits per heavy atom. The van der Waals surface area contributed by atoms with Crippen LogP contribution in [-0.2, 0) is 4.74 Å².